The Morgan fingerprint density at radius 1 is 1.14 bits per heavy atom. The van der Waals surface area contributed by atoms with Crippen LogP contribution in [0.5, 0.6) is 5.75 Å². The molecule has 2 heterocycles. The van der Waals surface area contributed by atoms with Gasteiger partial charge >= 0.3 is 0 Å². The molecule has 0 aliphatic carbocycles. The molecule has 0 spiro atoms. The number of anilines is 3. The van der Waals surface area contributed by atoms with Crippen LogP contribution in [-0.2, 0) is 11.3 Å². The molecule has 0 saturated carbocycles. The SMILES string of the molecule is COc1cccc(CN(c2ccc(N3CCOCC3)cc2)c2nc(C)cs2)c1. The van der Waals surface area contributed by atoms with Gasteiger partial charge in [0.1, 0.15) is 5.75 Å². The van der Waals surface area contributed by atoms with Gasteiger partial charge in [0.05, 0.1) is 32.6 Å². The molecule has 0 unspecified atom stereocenters. The quantitative estimate of drug-likeness (QED) is 0.608. The summed E-state index contributed by atoms with van der Waals surface area (Å²) in [6, 6.07) is 17.0. The van der Waals surface area contributed by atoms with E-state index in [1.165, 1.54) is 11.3 Å². The highest BCUT2D eigenvalue weighted by atomic mass is 32.1. The van der Waals surface area contributed by atoms with Crippen LogP contribution in [0.1, 0.15) is 11.3 Å². The number of morpholine rings is 1. The van der Waals surface area contributed by atoms with Crippen LogP contribution >= 0.6 is 11.3 Å². The van der Waals surface area contributed by atoms with Crippen LogP contribution < -0.4 is 14.5 Å². The minimum Gasteiger partial charge on any atom is -0.497 e. The fraction of sp³-hybridized carbons (Fsp3) is 0.318. The lowest BCUT2D eigenvalue weighted by Gasteiger charge is -2.29. The van der Waals surface area contributed by atoms with Gasteiger partial charge in [0.25, 0.3) is 0 Å². The molecule has 5 nitrogen and oxygen atoms in total. The van der Waals surface area contributed by atoms with Gasteiger partial charge in [-0.15, -0.1) is 11.3 Å². The molecule has 1 aliphatic rings. The second kappa shape index (κ2) is 8.63. The molecule has 28 heavy (non-hydrogen) atoms. The predicted molar refractivity (Wildman–Crippen MR) is 115 cm³/mol. The van der Waals surface area contributed by atoms with Crippen molar-refractivity contribution < 1.29 is 9.47 Å². The fourth-order valence-electron chi connectivity index (χ4n) is 3.35. The van der Waals surface area contributed by atoms with Crippen molar-refractivity contribution in [1.82, 2.24) is 4.98 Å². The monoisotopic (exact) mass is 395 g/mol. The van der Waals surface area contributed by atoms with Crippen molar-refractivity contribution in [3.63, 3.8) is 0 Å². The lowest BCUT2D eigenvalue weighted by molar-refractivity contribution is 0.122. The number of nitrogens with zero attached hydrogens (tertiary/aromatic N) is 3. The third kappa shape index (κ3) is 4.29. The van der Waals surface area contributed by atoms with Crippen LogP contribution in [0, 0.1) is 6.92 Å². The summed E-state index contributed by atoms with van der Waals surface area (Å²) in [5.41, 5.74) is 4.60. The zero-order valence-corrected chi connectivity index (χ0v) is 17.1. The van der Waals surface area contributed by atoms with Crippen molar-refractivity contribution in [2.75, 3.05) is 43.2 Å². The molecule has 146 valence electrons. The highest BCUT2D eigenvalue weighted by molar-refractivity contribution is 7.13. The van der Waals surface area contributed by atoms with Crippen molar-refractivity contribution in [1.29, 1.82) is 0 Å². The molecule has 0 atom stereocenters. The normalized spacial score (nSPS) is 14.1. The standard InChI is InChI=1S/C22H25N3O2S/c1-17-16-28-22(23-17)25(15-18-4-3-5-21(14-18)26-2)20-8-6-19(7-9-20)24-10-12-27-13-11-24/h3-9,14,16H,10-13,15H2,1-2H3. The van der Waals surface area contributed by atoms with Gasteiger partial charge in [0, 0.05) is 29.8 Å². The maximum atomic E-state index is 5.46. The fourth-order valence-corrected chi connectivity index (χ4v) is 4.18. The number of hydrogen-bond acceptors (Lipinski definition) is 6. The first kappa shape index (κ1) is 18.8. The zero-order chi connectivity index (χ0) is 19.3. The van der Waals surface area contributed by atoms with E-state index in [9.17, 15) is 0 Å². The average Bonchev–Trinajstić information content (AvgIpc) is 3.19. The molecular weight excluding hydrogens is 370 g/mol. The van der Waals surface area contributed by atoms with Crippen LogP contribution in [-0.4, -0.2) is 38.4 Å². The molecule has 4 rings (SSSR count). The second-order valence-electron chi connectivity index (χ2n) is 6.82. The summed E-state index contributed by atoms with van der Waals surface area (Å²) < 4.78 is 10.8. The molecule has 3 aromatic rings. The van der Waals surface area contributed by atoms with Gasteiger partial charge < -0.3 is 19.3 Å². The number of ether oxygens (including phenoxy) is 2. The van der Waals surface area contributed by atoms with Crippen LogP contribution in [0.4, 0.5) is 16.5 Å². The maximum absolute atomic E-state index is 5.46. The Bertz CT molecular complexity index is 904. The van der Waals surface area contributed by atoms with Crippen molar-refractivity contribution in [2.45, 2.75) is 13.5 Å². The minimum absolute atomic E-state index is 0.737. The largest absolute Gasteiger partial charge is 0.497 e. The number of thiazole rings is 1. The number of hydrogen-bond donors (Lipinski definition) is 0. The summed E-state index contributed by atoms with van der Waals surface area (Å²) in [7, 11) is 1.70. The van der Waals surface area contributed by atoms with Crippen LogP contribution in [0.3, 0.4) is 0 Å². The van der Waals surface area contributed by atoms with Gasteiger partial charge in [-0.05, 0) is 48.9 Å². The summed E-state index contributed by atoms with van der Waals surface area (Å²) in [5.74, 6) is 0.871. The molecule has 0 amide bonds. The Hall–Kier alpha value is -2.57. The maximum Gasteiger partial charge on any atom is 0.190 e. The molecule has 6 heteroatoms. The average molecular weight is 396 g/mol. The molecule has 0 radical (unpaired) electrons. The lowest BCUT2D eigenvalue weighted by Crippen LogP contribution is -2.36. The van der Waals surface area contributed by atoms with Crippen LogP contribution in [0.15, 0.2) is 53.9 Å². The molecule has 2 aromatic carbocycles. The first-order valence-electron chi connectivity index (χ1n) is 9.48. The molecule has 0 bridgehead atoms. The van der Waals surface area contributed by atoms with Crippen molar-refractivity contribution >= 4 is 27.8 Å². The smallest absolute Gasteiger partial charge is 0.190 e. The highest BCUT2D eigenvalue weighted by Gasteiger charge is 2.16. The third-order valence-corrected chi connectivity index (χ3v) is 5.83. The minimum atomic E-state index is 0.737. The van der Waals surface area contributed by atoms with Crippen molar-refractivity contribution in [3.8, 4) is 5.75 Å². The van der Waals surface area contributed by atoms with Crippen LogP contribution in [0.2, 0.25) is 0 Å². The Morgan fingerprint density at radius 2 is 1.93 bits per heavy atom. The Kier molecular flexibility index (Phi) is 5.78. The summed E-state index contributed by atoms with van der Waals surface area (Å²) in [4.78, 5) is 9.35. The number of rotatable bonds is 6. The third-order valence-electron chi connectivity index (χ3n) is 4.85. The van der Waals surface area contributed by atoms with E-state index in [1.54, 1.807) is 18.4 Å². The Balaban J connectivity index is 1.61. The van der Waals surface area contributed by atoms with Crippen molar-refractivity contribution in [2.24, 2.45) is 0 Å². The van der Waals surface area contributed by atoms with Crippen molar-refractivity contribution in [3.05, 3.63) is 65.2 Å². The molecule has 1 aromatic heterocycles. The number of aryl methyl sites for hydroxylation is 1. The summed E-state index contributed by atoms with van der Waals surface area (Å²) in [6.07, 6.45) is 0. The Morgan fingerprint density at radius 3 is 2.61 bits per heavy atom. The Labute approximate surface area is 170 Å². The molecule has 1 saturated heterocycles. The predicted octanol–water partition coefficient (Wildman–Crippen LogP) is 4.64. The number of methoxy groups -OCH3 is 1. The lowest BCUT2D eigenvalue weighted by atomic mass is 10.2. The van der Waals surface area contributed by atoms with E-state index in [2.05, 4.69) is 51.6 Å². The summed E-state index contributed by atoms with van der Waals surface area (Å²) >= 11 is 1.67. The first-order valence-corrected chi connectivity index (χ1v) is 10.4. The van der Waals surface area contributed by atoms with E-state index in [1.807, 2.05) is 19.1 Å². The topological polar surface area (TPSA) is 37.8 Å². The van der Waals surface area contributed by atoms with Gasteiger partial charge in [0.2, 0.25) is 0 Å². The van der Waals surface area contributed by atoms with Gasteiger partial charge in [-0.1, -0.05) is 12.1 Å². The number of aromatic nitrogens is 1. The molecule has 1 fully saturated rings. The van der Waals surface area contributed by atoms with Gasteiger partial charge in [-0.3, -0.25) is 0 Å². The van der Waals surface area contributed by atoms with E-state index in [4.69, 9.17) is 14.5 Å². The summed E-state index contributed by atoms with van der Waals surface area (Å²) in [6.45, 7) is 6.24. The highest BCUT2D eigenvalue weighted by Crippen LogP contribution is 2.32. The van der Waals surface area contributed by atoms with Crippen LogP contribution in [0.25, 0.3) is 0 Å². The van der Waals surface area contributed by atoms with E-state index in [0.29, 0.717) is 0 Å². The van der Waals surface area contributed by atoms with Gasteiger partial charge in [0.15, 0.2) is 5.13 Å². The van der Waals surface area contributed by atoms with E-state index in [-0.39, 0.29) is 0 Å². The molecule has 1 aliphatic heterocycles. The van der Waals surface area contributed by atoms with Gasteiger partial charge in [-0.25, -0.2) is 4.98 Å². The van der Waals surface area contributed by atoms with E-state index >= 15 is 0 Å². The van der Waals surface area contributed by atoms with Gasteiger partial charge in [-0.2, -0.15) is 0 Å². The number of benzene rings is 2. The second-order valence-corrected chi connectivity index (χ2v) is 7.66. The zero-order valence-electron chi connectivity index (χ0n) is 16.3. The van der Waals surface area contributed by atoms with E-state index in [0.717, 1.165) is 55.1 Å². The molecule has 0 N–H and O–H groups in total. The summed E-state index contributed by atoms with van der Waals surface area (Å²) in [5, 5.41) is 3.09. The van der Waals surface area contributed by atoms with E-state index < -0.39 is 0 Å². The molecular formula is C22H25N3O2S. The first-order chi connectivity index (χ1) is 13.7.